The summed E-state index contributed by atoms with van der Waals surface area (Å²) in [6.45, 7) is 0.861. The van der Waals surface area contributed by atoms with E-state index in [0.717, 1.165) is 17.0 Å². The van der Waals surface area contributed by atoms with Gasteiger partial charge in [0.05, 0.1) is 6.42 Å². The van der Waals surface area contributed by atoms with E-state index in [9.17, 15) is 32.3 Å². The van der Waals surface area contributed by atoms with Gasteiger partial charge in [-0.25, -0.2) is 0 Å². The second-order valence-corrected chi connectivity index (χ2v) is 7.00. The lowest BCUT2D eigenvalue weighted by Gasteiger charge is -2.35. The highest BCUT2D eigenvalue weighted by Gasteiger charge is 2.33. The van der Waals surface area contributed by atoms with Gasteiger partial charge in [-0.05, 0) is 17.7 Å². The zero-order valence-electron chi connectivity index (χ0n) is 16.0. The molecule has 11 heteroatoms. The van der Waals surface area contributed by atoms with E-state index in [-0.39, 0.29) is 68.3 Å². The Balaban J connectivity index is 1.46. The van der Waals surface area contributed by atoms with Crippen LogP contribution >= 0.6 is 0 Å². The first-order valence-electron chi connectivity index (χ1n) is 9.36. The molecule has 2 aliphatic heterocycles. The van der Waals surface area contributed by atoms with E-state index in [1.54, 1.807) is 4.90 Å². The quantitative estimate of drug-likeness (QED) is 0.653. The van der Waals surface area contributed by atoms with Gasteiger partial charge in [0.25, 0.3) is 0 Å². The van der Waals surface area contributed by atoms with E-state index in [4.69, 9.17) is 0 Å². The summed E-state index contributed by atoms with van der Waals surface area (Å²) in [6, 6.07) is 5.08. The molecule has 0 saturated carbocycles. The number of piperazine rings is 1. The number of imide groups is 1. The van der Waals surface area contributed by atoms with Gasteiger partial charge >= 0.3 is 6.36 Å². The van der Waals surface area contributed by atoms with Crippen LogP contribution in [0, 0.1) is 0 Å². The fourth-order valence-corrected chi connectivity index (χ4v) is 3.34. The largest absolute Gasteiger partial charge is 0.573 e. The van der Waals surface area contributed by atoms with Crippen molar-refractivity contribution in [2.75, 3.05) is 32.7 Å². The maximum absolute atomic E-state index is 12.4. The molecule has 2 aliphatic rings. The van der Waals surface area contributed by atoms with Crippen LogP contribution in [-0.4, -0.2) is 77.4 Å². The second-order valence-electron chi connectivity index (χ2n) is 7.00. The number of rotatable bonds is 5. The lowest BCUT2D eigenvalue weighted by atomic mass is 10.1. The van der Waals surface area contributed by atoms with E-state index < -0.39 is 6.36 Å². The number of halogens is 3. The molecule has 3 rings (SSSR count). The van der Waals surface area contributed by atoms with E-state index in [0.29, 0.717) is 18.7 Å². The van der Waals surface area contributed by atoms with Crippen molar-refractivity contribution in [3.63, 3.8) is 0 Å². The number of amides is 4. The molecular formula is C19H20F3N3O5. The number of hydrogen-bond acceptors (Lipinski definition) is 5. The van der Waals surface area contributed by atoms with Crippen LogP contribution in [0.1, 0.15) is 18.4 Å². The minimum absolute atomic E-state index is 0.0109. The summed E-state index contributed by atoms with van der Waals surface area (Å²) in [4.78, 5) is 52.1. The molecule has 0 unspecified atom stereocenters. The maximum atomic E-state index is 12.4. The predicted octanol–water partition coefficient (Wildman–Crippen LogP) is 0.947. The Kier molecular flexibility index (Phi) is 6.28. The van der Waals surface area contributed by atoms with Gasteiger partial charge in [-0.15, -0.1) is 13.2 Å². The molecule has 162 valence electrons. The Bertz CT molecular complexity index is 817. The number of likely N-dealkylation sites (tertiary alicyclic amines) is 1. The van der Waals surface area contributed by atoms with Crippen molar-refractivity contribution in [3.8, 4) is 5.75 Å². The molecule has 30 heavy (non-hydrogen) atoms. The Morgan fingerprint density at radius 3 is 1.87 bits per heavy atom. The summed E-state index contributed by atoms with van der Waals surface area (Å²) in [7, 11) is 0. The number of benzene rings is 1. The summed E-state index contributed by atoms with van der Waals surface area (Å²) in [5, 5.41) is 0. The van der Waals surface area contributed by atoms with Crippen LogP contribution in [-0.2, 0) is 25.6 Å². The molecule has 0 N–H and O–H groups in total. The fourth-order valence-electron chi connectivity index (χ4n) is 3.34. The molecule has 2 heterocycles. The lowest BCUT2D eigenvalue weighted by molar-refractivity contribution is -0.274. The highest BCUT2D eigenvalue weighted by Crippen LogP contribution is 2.23. The Morgan fingerprint density at radius 1 is 0.867 bits per heavy atom. The first kappa shape index (κ1) is 21.6. The van der Waals surface area contributed by atoms with Gasteiger partial charge in [-0.3, -0.25) is 24.1 Å². The molecule has 1 aromatic rings. The first-order valence-corrected chi connectivity index (χ1v) is 9.36. The molecule has 0 aliphatic carbocycles. The monoisotopic (exact) mass is 427 g/mol. The van der Waals surface area contributed by atoms with Crippen LogP contribution in [0.2, 0.25) is 0 Å². The van der Waals surface area contributed by atoms with Gasteiger partial charge in [0.15, 0.2) is 0 Å². The molecule has 1 aromatic carbocycles. The van der Waals surface area contributed by atoms with Gasteiger partial charge in [-0.1, -0.05) is 12.1 Å². The molecule has 4 amide bonds. The van der Waals surface area contributed by atoms with E-state index in [1.807, 2.05) is 0 Å². The van der Waals surface area contributed by atoms with Crippen molar-refractivity contribution in [3.05, 3.63) is 29.8 Å². The summed E-state index contributed by atoms with van der Waals surface area (Å²) in [5.41, 5.74) is 0.541. The second kappa shape index (κ2) is 8.72. The highest BCUT2D eigenvalue weighted by molar-refractivity contribution is 6.04. The molecule has 0 aromatic heterocycles. The van der Waals surface area contributed by atoms with E-state index >= 15 is 0 Å². The highest BCUT2D eigenvalue weighted by atomic mass is 19.4. The number of carbonyl (C=O) groups is 4. The molecule has 0 bridgehead atoms. The van der Waals surface area contributed by atoms with Gasteiger partial charge in [0, 0.05) is 39.0 Å². The standard InChI is InChI=1S/C19H20F3N3O5/c20-19(21,22)30-14-3-1-13(2-4-14)11-17(28)23-7-9-24(10-8-23)18(29)12-25-15(26)5-6-16(25)27/h1-4H,5-12H2. The van der Waals surface area contributed by atoms with Crippen LogP contribution in [0.3, 0.4) is 0 Å². The fraction of sp³-hybridized carbons (Fsp3) is 0.474. The van der Waals surface area contributed by atoms with Crippen LogP contribution < -0.4 is 4.74 Å². The predicted molar refractivity (Wildman–Crippen MR) is 95.9 cm³/mol. The number of nitrogens with zero attached hydrogens (tertiary/aromatic N) is 3. The van der Waals surface area contributed by atoms with Crippen molar-refractivity contribution in [1.82, 2.24) is 14.7 Å². The van der Waals surface area contributed by atoms with Crippen molar-refractivity contribution in [2.45, 2.75) is 25.6 Å². The summed E-state index contributed by atoms with van der Waals surface area (Å²) < 4.78 is 40.4. The Morgan fingerprint density at radius 2 is 1.37 bits per heavy atom. The summed E-state index contributed by atoms with van der Waals surface area (Å²) in [6.07, 6.45) is -4.52. The van der Waals surface area contributed by atoms with Gasteiger partial charge < -0.3 is 14.5 Å². The van der Waals surface area contributed by atoms with E-state index in [2.05, 4.69) is 4.74 Å². The molecule has 8 nitrogen and oxygen atoms in total. The Labute approximate surface area is 170 Å². The van der Waals surface area contributed by atoms with E-state index in [1.165, 1.54) is 17.0 Å². The SMILES string of the molecule is O=C(Cc1ccc(OC(F)(F)F)cc1)N1CCN(C(=O)CN2C(=O)CCC2=O)CC1. The third-order valence-corrected chi connectivity index (χ3v) is 4.95. The molecule has 2 fully saturated rings. The third kappa shape index (κ3) is 5.49. The summed E-state index contributed by atoms with van der Waals surface area (Å²) >= 11 is 0. The molecular weight excluding hydrogens is 407 g/mol. The first-order chi connectivity index (χ1) is 14.1. The number of alkyl halides is 3. The number of hydrogen-bond donors (Lipinski definition) is 0. The number of ether oxygens (including phenoxy) is 1. The van der Waals surface area contributed by atoms with Crippen LogP contribution in [0.15, 0.2) is 24.3 Å². The van der Waals surface area contributed by atoms with Crippen molar-refractivity contribution >= 4 is 23.6 Å². The van der Waals surface area contributed by atoms with Gasteiger partial charge in [0.2, 0.25) is 23.6 Å². The molecule has 2 saturated heterocycles. The van der Waals surface area contributed by atoms with Crippen LogP contribution in [0.25, 0.3) is 0 Å². The molecule has 0 spiro atoms. The zero-order chi connectivity index (χ0) is 21.9. The van der Waals surface area contributed by atoms with Crippen molar-refractivity contribution in [2.24, 2.45) is 0 Å². The molecule has 0 radical (unpaired) electrons. The average molecular weight is 427 g/mol. The Hall–Kier alpha value is -3.11. The van der Waals surface area contributed by atoms with Crippen LogP contribution in [0.4, 0.5) is 13.2 Å². The van der Waals surface area contributed by atoms with Gasteiger partial charge in [-0.2, -0.15) is 0 Å². The molecule has 0 atom stereocenters. The minimum Gasteiger partial charge on any atom is -0.406 e. The minimum atomic E-state index is -4.77. The summed E-state index contributed by atoms with van der Waals surface area (Å²) in [5.74, 6) is -1.62. The zero-order valence-corrected chi connectivity index (χ0v) is 16.0. The maximum Gasteiger partial charge on any atom is 0.573 e. The van der Waals surface area contributed by atoms with Crippen molar-refractivity contribution < 1.29 is 37.1 Å². The van der Waals surface area contributed by atoms with Crippen molar-refractivity contribution in [1.29, 1.82) is 0 Å². The number of carbonyl (C=O) groups excluding carboxylic acids is 4. The lowest BCUT2D eigenvalue weighted by Crippen LogP contribution is -2.53. The topological polar surface area (TPSA) is 87.2 Å². The normalized spacial score (nSPS) is 17.5. The third-order valence-electron chi connectivity index (χ3n) is 4.95. The average Bonchev–Trinajstić information content (AvgIpc) is 3.00. The van der Waals surface area contributed by atoms with Gasteiger partial charge in [0.1, 0.15) is 12.3 Å². The van der Waals surface area contributed by atoms with Crippen LogP contribution in [0.5, 0.6) is 5.75 Å². The smallest absolute Gasteiger partial charge is 0.406 e.